The molecule has 2 fully saturated rings. The van der Waals surface area contributed by atoms with Crippen LogP contribution in [0.1, 0.15) is 56.1 Å². The molecule has 2 aliphatic heterocycles. The summed E-state index contributed by atoms with van der Waals surface area (Å²) in [5, 5.41) is 25.6. The second kappa shape index (κ2) is 8.96. The summed E-state index contributed by atoms with van der Waals surface area (Å²) in [6, 6.07) is 9.98. The first-order valence-electron chi connectivity index (χ1n) is 11.5. The van der Waals surface area contributed by atoms with Gasteiger partial charge < -0.3 is 19.8 Å². The van der Waals surface area contributed by atoms with Gasteiger partial charge in [0.05, 0.1) is 23.4 Å². The molecular formula is C25H35N3O4. The summed E-state index contributed by atoms with van der Waals surface area (Å²) in [7, 11) is 1.76. The third-order valence-corrected chi connectivity index (χ3v) is 7.39. The maximum absolute atomic E-state index is 13.0. The average molecular weight is 442 g/mol. The summed E-state index contributed by atoms with van der Waals surface area (Å²) < 4.78 is 8.27. The van der Waals surface area contributed by atoms with Crippen molar-refractivity contribution in [2.45, 2.75) is 81.8 Å². The lowest BCUT2D eigenvalue weighted by Crippen LogP contribution is -2.58. The number of likely N-dealkylation sites (N-methyl/N-ethyl adjacent to an activating group) is 1. The van der Waals surface area contributed by atoms with E-state index in [2.05, 4.69) is 17.2 Å². The predicted molar refractivity (Wildman–Crippen MR) is 121 cm³/mol. The zero-order chi connectivity index (χ0) is 22.9. The van der Waals surface area contributed by atoms with Crippen molar-refractivity contribution in [3.05, 3.63) is 53.9 Å². The molecule has 7 heteroatoms. The monoisotopic (exact) mass is 441 g/mol. The number of amides is 1. The Bertz CT molecular complexity index is 932. The number of aromatic nitrogens is 2. The maximum atomic E-state index is 13.0. The van der Waals surface area contributed by atoms with E-state index in [-0.39, 0.29) is 31.0 Å². The zero-order valence-electron chi connectivity index (χ0n) is 19.3. The molecular weight excluding hydrogens is 406 g/mol. The first-order valence-corrected chi connectivity index (χ1v) is 11.5. The van der Waals surface area contributed by atoms with Gasteiger partial charge in [0, 0.05) is 19.9 Å². The molecule has 2 aromatic rings. The number of aliphatic hydroxyl groups excluding tert-OH is 2. The molecule has 32 heavy (non-hydrogen) atoms. The van der Waals surface area contributed by atoms with Gasteiger partial charge in [-0.15, -0.1) is 0 Å². The predicted octanol–water partition coefficient (Wildman–Crippen LogP) is 2.65. The SMILES string of the molecule is Cc1cnn(CC(=O)N(C)[C@H]2CC[C@@]3(CCO)C[C@H](c4ccccc4)C[C@](C)(O3)[C@@H]2O)c1. The van der Waals surface area contributed by atoms with Crippen LogP contribution in [0.4, 0.5) is 0 Å². The lowest BCUT2D eigenvalue weighted by Gasteiger charge is -2.50. The van der Waals surface area contributed by atoms with Gasteiger partial charge in [0.15, 0.2) is 0 Å². The lowest BCUT2D eigenvalue weighted by atomic mass is 9.73. The molecule has 174 valence electrons. The molecule has 0 unspecified atom stereocenters. The van der Waals surface area contributed by atoms with Crippen molar-refractivity contribution in [3.8, 4) is 0 Å². The van der Waals surface area contributed by atoms with Crippen molar-refractivity contribution in [2.75, 3.05) is 13.7 Å². The van der Waals surface area contributed by atoms with Gasteiger partial charge in [-0.25, -0.2) is 0 Å². The number of benzene rings is 1. The summed E-state index contributed by atoms with van der Waals surface area (Å²) in [5.74, 6) is 0.135. The van der Waals surface area contributed by atoms with Crippen LogP contribution >= 0.6 is 0 Å². The van der Waals surface area contributed by atoms with E-state index in [0.717, 1.165) is 12.0 Å². The third-order valence-electron chi connectivity index (χ3n) is 7.39. The molecule has 2 aliphatic rings. The Labute approximate surface area is 190 Å². The van der Waals surface area contributed by atoms with Crippen LogP contribution in [0.3, 0.4) is 0 Å². The van der Waals surface area contributed by atoms with Gasteiger partial charge in [-0.3, -0.25) is 9.48 Å². The van der Waals surface area contributed by atoms with E-state index < -0.39 is 17.3 Å². The van der Waals surface area contributed by atoms with Gasteiger partial charge in [-0.2, -0.15) is 5.10 Å². The molecule has 0 saturated carbocycles. The fourth-order valence-electron chi connectivity index (χ4n) is 5.74. The van der Waals surface area contributed by atoms with E-state index in [1.165, 1.54) is 5.56 Å². The van der Waals surface area contributed by atoms with Crippen molar-refractivity contribution < 1.29 is 19.7 Å². The molecule has 1 amide bonds. The van der Waals surface area contributed by atoms with Gasteiger partial charge in [0.25, 0.3) is 0 Å². The smallest absolute Gasteiger partial charge is 0.244 e. The number of aryl methyl sites for hydroxylation is 1. The van der Waals surface area contributed by atoms with Gasteiger partial charge in [0.1, 0.15) is 12.6 Å². The van der Waals surface area contributed by atoms with Crippen LogP contribution in [0.25, 0.3) is 0 Å². The molecule has 2 N–H and O–H groups in total. The number of nitrogens with zero attached hydrogens (tertiary/aromatic N) is 3. The molecule has 4 rings (SSSR count). The van der Waals surface area contributed by atoms with Crippen molar-refractivity contribution in [2.24, 2.45) is 0 Å². The fraction of sp³-hybridized carbons (Fsp3) is 0.600. The maximum Gasteiger partial charge on any atom is 0.244 e. The number of ether oxygens (including phenoxy) is 1. The van der Waals surface area contributed by atoms with Crippen LogP contribution in [-0.2, 0) is 16.1 Å². The van der Waals surface area contributed by atoms with Crippen molar-refractivity contribution in [3.63, 3.8) is 0 Å². The highest BCUT2D eigenvalue weighted by Crippen LogP contribution is 2.51. The number of hydrogen-bond donors (Lipinski definition) is 2. The second-order valence-corrected chi connectivity index (χ2v) is 9.86. The van der Waals surface area contributed by atoms with E-state index >= 15 is 0 Å². The number of rotatable bonds is 6. The third kappa shape index (κ3) is 4.47. The summed E-state index contributed by atoms with van der Waals surface area (Å²) in [5.41, 5.74) is 0.906. The summed E-state index contributed by atoms with van der Waals surface area (Å²) in [4.78, 5) is 14.7. The number of aliphatic hydroxyl groups is 2. The average Bonchev–Trinajstić information content (AvgIpc) is 3.15. The van der Waals surface area contributed by atoms with Gasteiger partial charge in [-0.1, -0.05) is 30.3 Å². The van der Waals surface area contributed by atoms with Crippen LogP contribution in [0.2, 0.25) is 0 Å². The summed E-state index contributed by atoms with van der Waals surface area (Å²) in [6.07, 6.45) is 6.05. The van der Waals surface area contributed by atoms with Crippen LogP contribution in [-0.4, -0.2) is 67.8 Å². The van der Waals surface area contributed by atoms with Crippen LogP contribution in [0.5, 0.6) is 0 Å². The number of fused-ring (bicyclic) bond motifs is 2. The van der Waals surface area contributed by atoms with Crippen LogP contribution in [0.15, 0.2) is 42.7 Å². The number of hydrogen-bond acceptors (Lipinski definition) is 5. The first kappa shape index (κ1) is 23.0. The Balaban J connectivity index is 1.60. The quantitative estimate of drug-likeness (QED) is 0.720. The fourth-order valence-corrected chi connectivity index (χ4v) is 5.74. The molecule has 0 radical (unpaired) electrons. The highest BCUT2D eigenvalue weighted by atomic mass is 16.5. The van der Waals surface area contributed by atoms with Gasteiger partial charge in [0.2, 0.25) is 5.91 Å². The molecule has 0 aliphatic carbocycles. The molecule has 1 aromatic carbocycles. The van der Waals surface area contributed by atoms with Crippen molar-refractivity contribution >= 4 is 5.91 Å². The standard InChI is InChI=1S/C25H35N3O4/c1-18-15-26-28(16-18)17-22(30)27(3)21-9-10-25(11-12-29)14-20(19-7-5-4-6-8-19)13-24(2,32-25)23(21)31/h4-8,15-16,20-21,23,29,31H,9-14,17H2,1-3H3/t20-,21+,23-,24+,25-/m1/s1. The van der Waals surface area contributed by atoms with Gasteiger partial charge >= 0.3 is 0 Å². The zero-order valence-corrected chi connectivity index (χ0v) is 19.3. The molecule has 5 atom stereocenters. The molecule has 1 aromatic heterocycles. The Morgan fingerprint density at radius 1 is 1.31 bits per heavy atom. The lowest BCUT2D eigenvalue weighted by molar-refractivity contribution is -0.226. The van der Waals surface area contributed by atoms with E-state index in [0.29, 0.717) is 25.7 Å². The molecule has 2 bridgehead atoms. The minimum atomic E-state index is -0.831. The normalized spacial score (nSPS) is 32.3. The highest BCUT2D eigenvalue weighted by Gasteiger charge is 2.55. The molecule has 2 saturated heterocycles. The Morgan fingerprint density at radius 2 is 2.06 bits per heavy atom. The Kier molecular flexibility index (Phi) is 6.43. The summed E-state index contributed by atoms with van der Waals surface area (Å²) in [6.45, 7) is 4.08. The van der Waals surface area contributed by atoms with Crippen LogP contribution < -0.4 is 0 Å². The van der Waals surface area contributed by atoms with E-state index in [4.69, 9.17) is 4.74 Å². The molecule has 7 nitrogen and oxygen atoms in total. The topological polar surface area (TPSA) is 87.8 Å². The molecule has 0 spiro atoms. The Morgan fingerprint density at radius 3 is 2.72 bits per heavy atom. The minimum Gasteiger partial charge on any atom is -0.396 e. The van der Waals surface area contributed by atoms with Gasteiger partial charge in [-0.05, 0) is 63.0 Å². The van der Waals surface area contributed by atoms with Crippen molar-refractivity contribution in [1.82, 2.24) is 14.7 Å². The van der Waals surface area contributed by atoms with E-state index in [1.807, 2.05) is 38.2 Å². The largest absolute Gasteiger partial charge is 0.396 e. The minimum absolute atomic E-state index is 0.0335. The van der Waals surface area contributed by atoms with E-state index in [1.54, 1.807) is 22.8 Å². The Hall–Kier alpha value is -2.22. The summed E-state index contributed by atoms with van der Waals surface area (Å²) >= 11 is 0. The van der Waals surface area contributed by atoms with E-state index in [9.17, 15) is 15.0 Å². The second-order valence-electron chi connectivity index (χ2n) is 9.86. The highest BCUT2D eigenvalue weighted by molar-refractivity contribution is 5.76. The number of carbonyl (C=O) groups is 1. The first-order chi connectivity index (χ1) is 15.3. The van der Waals surface area contributed by atoms with Crippen LogP contribution in [0, 0.1) is 6.92 Å². The molecule has 3 heterocycles. The number of carbonyl (C=O) groups excluding carboxylic acids is 1. The van der Waals surface area contributed by atoms with Crippen molar-refractivity contribution in [1.29, 1.82) is 0 Å².